The van der Waals surface area contributed by atoms with Crippen LogP contribution >= 0.6 is 0 Å². The predicted octanol–water partition coefficient (Wildman–Crippen LogP) is 3.14. The van der Waals surface area contributed by atoms with Gasteiger partial charge in [-0.05, 0) is 77.3 Å². The molecule has 7 heteroatoms. The molecule has 1 aromatic carbocycles. The lowest BCUT2D eigenvalue weighted by atomic mass is 9.51. The summed E-state index contributed by atoms with van der Waals surface area (Å²) in [5, 5.41) is 17.0. The van der Waals surface area contributed by atoms with Crippen LogP contribution in [0.5, 0.6) is 5.75 Å². The molecule has 1 aromatic rings. The molecule has 6 heterocycles. The zero-order valence-electron chi connectivity index (χ0n) is 19.3. The molecule has 0 aromatic heterocycles. The molecule has 1 aliphatic carbocycles. The Morgan fingerprint density at radius 3 is 2.79 bits per heavy atom. The third kappa shape index (κ3) is 1.98. The summed E-state index contributed by atoms with van der Waals surface area (Å²) >= 11 is 0. The molecular weight excluding hydrogens is 418 g/mol. The highest BCUT2D eigenvalue weighted by Gasteiger charge is 2.74. The third-order valence-electron chi connectivity index (χ3n) is 8.93. The first-order chi connectivity index (χ1) is 15.5. The van der Waals surface area contributed by atoms with Crippen molar-refractivity contribution in [1.82, 2.24) is 10.2 Å². The molecule has 4 fully saturated rings. The molecule has 1 unspecified atom stereocenters. The van der Waals surface area contributed by atoms with Crippen LogP contribution in [0.4, 0.5) is 5.69 Å². The Morgan fingerprint density at radius 1 is 1.21 bits per heavy atom. The summed E-state index contributed by atoms with van der Waals surface area (Å²) in [6, 6.07) is 3.82. The van der Waals surface area contributed by atoms with Gasteiger partial charge in [0.25, 0.3) is 5.91 Å². The van der Waals surface area contributed by atoms with Crippen molar-refractivity contribution in [2.45, 2.75) is 63.6 Å². The number of amides is 2. The number of piperazine rings is 1. The van der Waals surface area contributed by atoms with Gasteiger partial charge in [-0.25, -0.2) is 0 Å². The molecule has 3 atom stereocenters. The van der Waals surface area contributed by atoms with Crippen LogP contribution in [0.25, 0.3) is 11.6 Å². The first kappa shape index (κ1) is 19.4. The molecule has 170 valence electrons. The summed E-state index contributed by atoms with van der Waals surface area (Å²) in [6.45, 7) is 8.69. The van der Waals surface area contributed by atoms with Gasteiger partial charge >= 0.3 is 0 Å². The van der Waals surface area contributed by atoms with Gasteiger partial charge in [-0.3, -0.25) is 9.59 Å². The number of ether oxygens (including phenoxy) is 1. The summed E-state index contributed by atoms with van der Waals surface area (Å²) in [7, 11) is 0. The molecule has 7 nitrogen and oxygen atoms in total. The number of fused-ring (bicyclic) bond motifs is 6. The van der Waals surface area contributed by atoms with Crippen LogP contribution in [0.15, 0.2) is 24.3 Å². The van der Waals surface area contributed by atoms with Crippen LogP contribution in [0.2, 0.25) is 0 Å². The average molecular weight is 446 g/mol. The Bertz CT molecular complexity index is 1300. The van der Waals surface area contributed by atoms with Gasteiger partial charge in [-0.2, -0.15) is 4.74 Å². The number of carbonyl (C=O) groups excluding carboxylic acids is 2. The van der Waals surface area contributed by atoms with E-state index in [0.717, 1.165) is 27.9 Å². The highest BCUT2D eigenvalue weighted by atomic mass is 16.5. The van der Waals surface area contributed by atoms with E-state index in [1.165, 1.54) is 0 Å². The normalized spacial score (nSPS) is 35.8. The van der Waals surface area contributed by atoms with Crippen molar-refractivity contribution in [3.05, 3.63) is 40.6 Å². The summed E-state index contributed by atoms with van der Waals surface area (Å²) in [4.78, 5) is 29.0. The number of hydrogen-bond acceptors (Lipinski definition) is 4. The molecule has 4 saturated heterocycles. The zero-order valence-corrected chi connectivity index (χ0v) is 19.3. The average Bonchev–Trinajstić information content (AvgIpc) is 3.29. The SMILES string of the molecule is CC1(C)C=Cc2c(ccc3c2[N+]([O-])=C2C3=C[C@@]34NC(=O)C5(CCCN5C3=O)C[C@H]4C2(C)C)O1. The quantitative estimate of drug-likeness (QED) is 0.491. The second kappa shape index (κ2) is 5.34. The minimum Gasteiger partial charge on any atom is -0.618 e. The number of rotatable bonds is 0. The van der Waals surface area contributed by atoms with E-state index in [9.17, 15) is 14.8 Å². The third-order valence-corrected chi connectivity index (χ3v) is 8.93. The molecule has 6 aliphatic heterocycles. The van der Waals surface area contributed by atoms with E-state index in [1.807, 2.05) is 49.1 Å². The second-order valence-corrected chi connectivity index (χ2v) is 11.5. The summed E-state index contributed by atoms with van der Waals surface area (Å²) in [5.74, 6) is 0.424. The summed E-state index contributed by atoms with van der Waals surface area (Å²) < 4.78 is 7.18. The van der Waals surface area contributed by atoms with Crippen molar-refractivity contribution in [3.63, 3.8) is 0 Å². The molecule has 2 bridgehead atoms. The van der Waals surface area contributed by atoms with Crippen LogP contribution in [0.3, 0.4) is 0 Å². The summed E-state index contributed by atoms with van der Waals surface area (Å²) in [6.07, 6.45) is 7.93. The van der Waals surface area contributed by atoms with Crippen LogP contribution in [-0.2, 0) is 9.59 Å². The number of nitrogens with zero attached hydrogens (tertiary/aromatic N) is 2. The first-order valence-electron chi connectivity index (χ1n) is 11.8. The van der Waals surface area contributed by atoms with E-state index in [0.29, 0.717) is 36.5 Å². The Labute approximate surface area is 192 Å². The summed E-state index contributed by atoms with van der Waals surface area (Å²) in [5.41, 5.74) is 0.613. The van der Waals surface area contributed by atoms with Gasteiger partial charge in [0.05, 0.1) is 22.1 Å². The van der Waals surface area contributed by atoms with Crippen molar-refractivity contribution >= 4 is 34.9 Å². The van der Waals surface area contributed by atoms with Crippen molar-refractivity contribution in [1.29, 1.82) is 0 Å². The standard InChI is InChI=1S/C26H27N3O4/c1-23(2)10-8-15-17(33-23)7-6-14-16-12-26-18(24(3,4)20(16)29(32)19(14)15)13-25(21(30)27-26)9-5-11-28(25)22(26)31/h6-8,10,12,18H,5,9,11,13H2,1-4H3,(H,27,30)/t18-,25?,26-/m0/s1. The maximum atomic E-state index is 13.9. The van der Waals surface area contributed by atoms with E-state index in [4.69, 9.17) is 4.74 Å². The van der Waals surface area contributed by atoms with Gasteiger partial charge in [-0.1, -0.05) is 0 Å². The zero-order chi connectivity index (χ0) is 23.1. The number of benzene rings is 1. The van der Waals surface area contributed by atoms with Crippen LogP contribution in [0, 0.1) is 16.5 Å². The lowest BCUT2D eigenvalue weighted by Crippen LogP contribution is -2.83. The minimum absolute atomic E-state index is 0.0238. The second-order valence-electron chi connectivity index (χ2n) is 11.5. The van der Waals surface area contributed by atoms with Crippen molar-refractivity contribution < 1.29 is 19.1 Å². The van der Waals surface area contributed by atoms with Gasteiger partial charge in [0.2, 0.25) is 17.3 Å². The van der Waals surface area contributed by atoms with E-state index in [2.05, 4.69) is 19.2 Å². The smallest absolute Gasteiger partial charge is 0.253 e. The van der Waals surface area contributed by atoms with Gasteiger partial charge in [0.1, 0.15) is 22.4 Å². The maximum Gasteiger partial charge on any atom is 0.253 e. The Hall–Kier alpha value is -3.09. The highest BCUT2D eigenvalue weighted by Crippen LogP contribution is 2.61. The molecule has 33 heavy (non-hydrogen) atoms. The number of hydrogen-bond donors (Lipinski definition) is 1. The molecule has 8 rings (SSSR count). The topological polar surface area (TPSA) is 84.7 Å². The molecule has 0 saturated carbocycles. The minimum atomic E-state index is -1.11. The van der Waals surface area contributed by atoms with Crippen LogP contribution < -0.4 is 10.1 Å². The lowest BCUT2D eigenvalue weighted by Gasteiger charge is -2.62. The molecular formula is C26H27N3O4. The van der Waals surface area contributed by atoms with Gasteiger partial charge in [-0.15, -0.1) is 0 Å². The first-order valence-corrected chi connectivity index (χ1v) is 11.8. The van der Waals surface area contributed by atoms with E-state index in [1.54, 1.807) is 0 Å². The van der Waals surface area contributed by atoms with Crippen molar-refractivity contribution in [2.75, 3.05) is 6.54 Å². The largest absolute Gasteiger partial charge is 0.618 e. The number of carbonyl (C=O) groups is 2. The fraction of sp³-hybridized carbons (Fsp3) is 0.500. The van der Waals surface area contributed by atoms with E-state index < -0.39 is 22.1 Å². The monoisotopic (exact) mass is 445 g/mol. The lowest BCUT2D eigenvalue weighted by molar-refractivity contribution is -0.362. The van der Waals surface area contributed by atoms with E-state index >= 15 is 0 Å². The Balaban J connectivity index is 1.49. The molecule has 2 spiro atoms. The highest BCUT2D eigenvalue weighted by molar-refractivity contribution is 6.30. The maximum absolute atomic E-state index is 13.9. The molecule has 2 amide bonds. The number of allylic oxidation sites excluding steroid dienone is 1. The van der Waals surface area contributed by atoms with Gasteiger partial charge in [0.15, 0.2) is 0 Å². The Morgan fingerprint density at radius 2 is 2.00 bits per heavy atom. The fourth-order valence-corrected chi connectivity index (χ4v) is 7.43. The van der Waals surface area contributed by atoms with Gasteiger partial charge in [0, 0.05) is 12.5 Å². The van der Waals surface area contributed by atoms with E-state index in [-0.39, 0.29) is 17.7 Å². The molecule has 0 radical (unpaired) electrons. The van der Waals surface area contributed by atoms with Crippen LogP contribution in [0.1, 0.15) is 58.1 Å². The van der Waals surface area contributed by atoms with Crippen molar-refractivity contribution in [3.8, 4) is 5.75 Å². The molecule has 7 aliphatic rings. The fourth-order valence-electron chi connectivity index (χ4n) is 7.43. The van der Waals surface area contributed by atoms with Crippen molar-refractivity contribution in [2.24, 2.45) is 11.3 Å². The van der Waals surface area contributed by atoms with Crippen LogP contribution in [-0.4, -0.2) is 50.4 Å². The number of nitrogens with one attached hydrogen (secondary N) is 1. The Kier molecular flexibility index (Phi) is 3.14. The molecule has 1 N–H and O–H groups in total. The predicted molar refractivity (Wildman–Crippen MR) is 123 cm³/mol. The number of piperidine rings is 2. The van der Waals surface area contributed by atoms with Gasteiger partial charge < -0.3 is 20.2 Å².